The summed E-state index contributed by atoms with van der Waals surface area (Å²) in [5.41, 5.74) is 5.38. The van der Waals surface area contributed by atoms with E-state index >= 15 is 0 Å². The van der Waals surface area contributed by atoms with E-state index in [0.717, 1.165) is 34.6 Å². The fraction of sp³-hybridized carbons (Fsp3) is 0.250. The number of nitrogens with zero attached hydrogens (tertiary/aromatic N) is 1. The smallest absolute Gasteiger partial charge is 0.548 e. The number of rotatable bonds is 13. The number of aryl methyl sites for hydroxylation is 1. The molecule has 8 heteroatoms. The SMILES string of the molecule is CSCCC(NC(=O)c1ccc(CN(Cc2ccccc2)Cc2ccco2)cc1-c1ccccc1C)C(=O)[O-].[Li+]. The van der Waals surface area contributed by atoms with Gasteiger partial charge in [-0.2, -0.15) is 11.8 Å². The normalized spacial score (nSPS) is 11.6. The minimum Gasteiger partial charge on any atom is -0.548 e. The van der Waals surface area contributed by atoms with Gasteiger partial charge in [-0.1, -0.05) is 60.7 Å². The van der Waals surface area contributed by atoms with Crippen LogP contribution in [0.1, 0.15) is 39.2 Å². The summed E-state index contributed by atoms with van der Waals surface area (Å²) in [5, 5.41) is 14.4. The summed E-state index contributed by atoms with van der Waals surface area (Å²) in [6.07, 6.45) is 3.88. The van der Waals surface area contributed by atoms with Crippen molar-refractivity contribution < 1.29 is 38.0 Å². The van der Waals surface area contributed by atoms with Gasteiger partial charge in [0.2, 0.25) is 0 Å². The molecular weight excluding hydrogens is 515 g/mol. The third-order valence-electron chi connectivity index (χ3n) is 6.58. The Bertz CT molecular complexity index is 1380. The number of hydrogen-bond donors (Lipinski definition) is 1. The number of carbonyl (C=O) groups is 2. The van der Waals surface area contributed by atoms with Gasteiger partial charge in [0.25, 0.3) is 5.91 Å². The second kappa shape index (κ2) is 15.5. The maximum atomic E-state index is 13.4. The van der Waals surface area contributed by atoms with Crippen LogP contribution in [0.2, 0.25) is 0 Å². The van der Waals surface area contributed by atoms with Crippen LogP contribution in [-0.4, -0.2) is 34.8 Å². The molecule has 1 aromatic heterocycles. The molecule has 0 aliphatic carbocycles. The summed E-state index contributed by atoms with van der Waals surface area (Å²) < 4.78 is 5.63. The van der Waals surface area contributed by atoms with Gasteiger partial charge in [-0.3, -0.25) is 9.69 Å². The molecule has 0 radical (unpaired) electrons. The first-order valence-electron chi connectivity index (χ1n) is 12.9. The zero-order valence-electron chi connectivity index (χ0n) is 23.3. The van der Waals surface area contributed by atoms with E-state index in [1.165, 1.54) is 17.3 Å². The minimum atomic E-state index is -1.28. The Morgan fingerprint density at radius 3 is 2.30 bits per heavy atom. The number of amides is 1. The van der Waals surface area contributed by atoms with Gasteiger partial charge in [-0.25, -0.2) is 0 Å². The van der Waals surface area contributed by atoms with Crippen LogP contribution in [-0.2, 0) is 24.4 Å². The third kappa shape index (κ3) is 8.64. The van der Waals surface area contributed by atoms with Crippen molar-refractivity contribution in [3.63, 3.8) is 0 Å². The van der Waals surface area contributed by atoms with E-state index in [2.05, 4.69) is 22.3 Å². The van der Waals surface area contributed by atoms with Crippen LogP contribution >= 0.6 is 11.8 Å². The van der Waals surface area contributed by atoms with Gasteiger partial charge in [0, 0.05) is 18.7 Å². The first kappa shape index (κ1) is 31.3. The van der Waals surface area contributed by atoms with Gasteiger partial charge < -0.3 is 19.6 Å². The van der Waals surface area contributed by atoms with E-state index in [1.807, 2.05) is 79.9 Å². The molecule has 0 saturated heterocycles. The molecule has 3 aromatic carbocycles. The molecule has 6 nitrogen and oxygen atoms in total. The first-order chi connectivity index (χ1) is 18.9. The number of aliphatic carboxylic acids is 1. The second-order valence-corrected chi connectivity index (χ2v) is 10.5. The van der Waals surface area contributed by atoms with Crippen LogP contribution in [0, 0.1) is 6.92 Å². The molecule has 0 saturated carbocycles. The Hall–Kier alpha value is -3.21. The van der Waals surface area contributed by atoms with Crippen molar-refractivity contribution in [1.82, 2.24) is 10.2 Å². The average Bonchev–Trinajstić information content (AvgIpc) is 3.44. The average molecular weight is 549 g/mol. The van der Waals surface area contributed by atoms with Crippen molar-refractivity contribution in [2.24, 2.45) is 0 Å². The predicted octanol–water partition coefficient (Wildman–Crippen LogP) is 2.06. The number of nitrogens with one attached hydrogen (secondary N) is 1. The van der Waals surface area contributed by atoms with Crippen molar-refractivity contribution in [1.29, 1.82) is 0 Å². The van der Waals surface area contributed by atoms with Crippen molar-refractivity contribution in [2.75, 3.05) is 12.0 Å². The van der Waals surface area contributed by atoms with Crippen molar-refractivity contribution in [2.45, 2.75) is 39.0 Å². The number of furan rings is 1. The summed E-state index contributed by atoms with van der Waals surface area (Å²) in [5.74, 6) is -0.220. The molecule has 1 N–H and O–H groups in total. The molecule has 0 fully saturated rings. The number of carboxylic acids is 1. The molecule has 0 aliphatic rings. The molecule has 1 atom stereocenters. The first-order valence-corrected chi connectivity index (χ1v) is 14.3. The van der Waals surface area contributed by atoms with Crippen LogP contribution in [0.4, 0.5) is 0 Å². The quantitative estimate of drug-likeness (QED) is 0.258. The molecule has 0 bridgehead atoms. The predicted molar refractivity (Wildman–Crippen MR) is 154 cm³/mol. The molecule has 0 spiro atoms. The van der Waals surface area contributed by atoms with E-state index in [-0.39, 0.29) is 18.9 Å². The van der Waals surface area contributed by atoms with E-state index in [9.17, 15) is 14.7 Å². The molecule has 4 rings (SSSR count). The Labute approximate surface area is 252 Å². The number of thioether (sulfide) groups is 1. The van der Waals surface area contributed by atoms with E-state index in [1.54, 1.807) is 12.3 Å². The maximum Gasteiger partial charge on any atom is 1.00 e. The van der Waals surface area contributed by atoms with Crippen molar-refractivity contribution in [3.8, 4) is 11.1 Å². The number of hydrogen-bond acceptors (Lipinski definition) is 6. The molecule has 202 valence electrons. The molecule has 4 aromatic rings. The monoisotopic (exact) mass is 548 g/mol. The van der Waals surface area contributed by atoms with E-state index < -0.39 is 17.9 Å². The topological polar surface area (TPSA) is 85.6 Å². The molecular formula is C32H33LiN2O4S. The van der Waals surface area contributed by atoms with Crippen LogP contribution in [0.25, 0.3) is 11.1 Å². The number of carbonyl (C=O) groups excluding carboxylic acids is 2. The Balaban J connectivity index is 0.00000441. The summed E-state index contributed by atoms with van der Waals surface area (Å²) >= 11 is 1.53. The molecule has 1 amide bonds. The number of carboxylic acid groups (broad SMARTS) is 1. The number of benzene rings is 3. The summed E-state index contributed by atoms with van der Waals surface area (Å²) in [4.78, 5) is 27.4. The fourth-order valence-corrected chi connectivity index (χ4v) is 5.07. The molecule has 0 aliphatic heterocycles. The van der Waals surface area contributed by atoms with Gasteiger partial charge in [0.15, 0.2) is 0 Å². The maximum absolute atomic E-state index is 13.4. The Morgan fingerprint density at radius 1 is 0.900 bits per heavy atom. The molecule has 40 heavy (non-hydrogen) atoms. The summed E-state index contributed by atoms with van der Waals surface area (Å²) in [7, 11) is 0. The Morgan fingerprint density at radius 2 is 1.62 bits per heavy atom. The fourth-order valence-electron chi connectivity index (χ4n) is 4.60. The zero-order valence-corrected chi connectivity index (χ0v) is 24.1. The second-order valence-electron chi connectivity index (χ2n) is 9.53. The van der Waals surface area contributed by atoms with Gasteiger partial charge in [-0.15, -0.1) is 0 Å². The van der Waals surface area contributed by atoms with Crippen LogP contribution in [0.15, 0.2) is 95.6 Å². The van der Waals surface area contributed by atoms with Gasteiger partial charge >= 0.3 is 18.9 Å². The molecule has 1 heterocycles. The zero-order chi connectivity index (χ0) is 27.6. The minimum absolute atomic E-state index is 0. The molecule has 1 unspecified atom stereocenters. The van der Waals surface area contributed by atoms with Crippen LogP contribution < -0.4 is 29.3 Å². The van der Waals surface area contributed by atoms with Crippen molar-refractivity contribution in [3.05, 3.63) is 119 Å². The van der Waals surface area contributed by atoms with E-state index in [4.69, 9.17) is 4.42 Å². The van der Waals surface area contributed by atoms with Crippen LogP contribution in [0.5, 0.6) is 0 Å². The standard InChI is InChI=1S/C32H34N2O4S.Li/c1-23-9-6-7-13-27(23)29-19-25(14-15-28(29)31(35)33-30(32(36)37)16-18-39-2)21-34(22-26-12-8-17-38-26)20-24-10-4-3-5-11-24;/h3-15,17,19,30H,16,18,20-22H2,1-2H3,(H,33,35)(H,36,37);/q;+1/p-1. The van der Waals surface area contributed by atoms with Gasteiger partial charge in [0.05, 0.1) is 24.8 Å². The summed E-state index contributed by atoms with van der Waals surface area (Å²) in [6, 6.07) is 26.7. The van der Waals surface area contributed by atoms with E-state index in [0.29, 0.717) is 30.8 Å². The van der Waals surface area contributed by atoms with Gasteiger partial charge in [-0.05, 0) is 77.4 Å². The van der Waals surface area contributed by atoms with Crippen LogP contribution in [0.3, 0.4) is 0 Å². The van der Waals surface area contributed by atoms with Crippen molar-refractivity contribution >= 4 is 23.6 Å². The largest absolute Gasteiger partial charge is 1.00 e. The van der Waals surface area contributed by atoms with Gasteiger partial charge in [0.1, 0.15) is 5.76 Å². The Kier molecular flexibility index (Phi) is 12.2. The third-order valence-corrected chi connectivity index (χ3v) is 7.22. The summed E-state index contributed by atoms with van der Waals surface area (Å²) in [6.45, 7) is 4.00.